The fourth-order valence-corrected chi connectivity index (χ4v) is 6.41. The summed E-state index contributed by atoms with van der Waals surface area (Å²) in [5, 5.41) is 22.5. The van der Waals surface area contributed by atoms with Crippen molar-refractivity contribution >= 4 is 21.9 Å². The first-order chi connectivity index (χ1) is 26.3. The quantitative estimate of drug-likeness (QED) is 0.0726. The van der Waals surface area contributed by atoms with E-state index in [-0.39, 0.29) is 35.2 Å². The fourth-order valence-electron chi connectivity index (χ4n) is 6.41. The molecule has 0 amide bonds. The van der Waals surface area contributed by atoms with E-state index in [1.54, 1.807) is 36.4 Å². The van der Waals surface area contributed by atoms with Crippen molar-refractivity contribution in [2.24, 2.45) is 0 Å². The number of hydrogen-bond donors (Lipinski definition) is 2. The molecule has 0 aliphatic heterocycles. The molecule has 1 unspecified atom stereocenters. The van der Waals surface area contributed by atoms with Gasteiger partial charge in [0.15, 0.2) is 0 Å². The Morgan fingerprint density at radius 1 is 0.600 bits per heavy atom. The van der Waals surface area contributed by atoms with E-state index in [0.29, 0.717) is 41.4 Å². The van der Waals surface area contributed by atoms with Crippen LogP contribution in [0.5, 0.6) is 11.5 Å². The van der Waals surface area contributed by atoms with Crippen molar-refractivity contribution < 1.29 is 23.8 Å². The lowest BCUT2D eigenvalue weighted by Gasteiger charge is -2.17. The zero-order valence-electron chi connectivity index (χ0n) is 33.7. The van der Waals surface area contributed by atoms with E-state index in [1.807, 2.05) is 38.1 Å². The Kier molecular flexibility index (Phi) is 16.3. The van der Waals surface area contributed by atoms with Gasteiger partial charge in [0, 0.05) is 12.8 Å². The molecule has 4 rings (SSSR count). The summed E-state index contributed by atoms with van der Waals surface area (Å²) >= 11 is 0. The van der Waals surface area contributed by atoms with Gasteiger partial charge < -0.3 is 23.8 Å². The standard InChI is InChI=1S/C48H58O7/c1-32(2)15-12-19-35(5)29-38(30-36(6)26-28-42-46(50)40-22-9-11-24-44(40)55-48(42)52)53-31-37(7)20-14-17-33(3)16-13-18-34(4)25-27-41-45(49)39-21-8-10-23-43(39)54-47(41)51/h8-11,15-16,20-26,29,38,49-50H,12-14,17-19,27-28,30-31H2,1-7H3/b33-16+,34-25+,35-29+,36-26+,37-20+. The van der Waals surface area contributed by atoms with Gasteiger partial charge in [0.2, 0.25) is 0 Å². The second-order valence-electron chi connectivity index (χ2n) is 15.0. The summed E-state index contributed by atoms with van der Waals surface area (Å²) in [4.78, 5) is 25.1. The number of para-hydroxylation sites is 2. The molecule has 0 aliphatic carbocycles. The monoisotopic (exact) mass is 746 g/mol. The molecule has 0 saturated carbocycles. The highest BCUT2D eigenvalue weighted by atomic mass is 16.5. The van der Waals surface area contributed by atoms with E-state index in [0.717, 1.165) is 49.7 Å². The maximum atomic E-state index is 12.7. The molecule has 7 nitrogen and oxygen atoms in total. The lowest BCUT2D eigenvalue weighted by Crippen LogP contribution is -2.13. The molecule has 0 bridgehead atoms. The maximum Gasteiger partial charge on any atom is 0.343 e. The van der Waals surface area contributed by atoms with Gasteiger partial charge in [-0.2, -0.15) is 0 Å². The third-order valence-electron chi connectivity index (χ3n) is 9.74. The van der Waals surface area contributed by atoms with Gasteiger partial charge in [-0.05, 0) is 118 Å². The molecule has 0 saturated heterocycles. The zero-order valence-corrected chi connectivity index (χ0v) is 33.7. The van der Waals surface area contributed by atoms with Gasteiger partial charge >= 0.3 is 11.3 Å². The molecule has 0 radical (unpaired) electrons. The normalized spacial score (nSPS) is 13.8. The lowest BCUT2D eigenvalue weighted by molar-refractivity contribution is 0.103. The van der Waals surface area contributed by atoms with Crippen LogP contribution in [0.1, 0.15) is 105 Å². The third kappa shape index (κ3) is 13.3. The Bertz CT molecular complexity index is 2230. The Balaban J connectivity index is 1.30. The predicted molar refractivity (Wildman–Crippen MR) is 226 cm³/mol. The van der Waals surface area contributed by atoms with Crippen LogP contribution in [0.2, 0.25) is 0 Å². The summed E-state index contributed by atoms with van der Waals surface area (Å²) in [7, 11) is 0. The van der Waals surface area contributed by atoms with Gasteiger partial charge in [0.1, 0.15) is 22.7 Å². The van der Waals surface area contributed by atoms with Crippen molar-refractivity contribution in [3.63, 3.8) is 0 Å². The van der Waals surface area contributed by atoms with Gasteiger partial charge in [-0.25, -0.2) is 9.59 Å². The van der Waals surface area contributed by atoms with Gasteiger partial charge in [0.05, 0.1) is 34.6 Å². The Morgan fingerprint density at radius 2 is 1.05 bits per heavy atom. The van der Waals surface area contributed by atoms with E-state index < -0.39 is 11.3 Å². The van der Waals surface area contributed by atoms with E-state index in [9.17, 15) is 19.8 Å². The van der Waals surface area contributed by atoms with Gasteiger partial charge in [-0.3, -0.25) is 0 Å². The Labute approximate surface area is 325 Å². The molecule has 4 aromatic rings. The molecule has 0 spiro atoms. The van der Waals surface area contributed by atoms with Crippen molar-refractivity contribution in [3.8, 4) is 11.5 Å². The summed E-state index contributed by atoms with van der Waals surface area (Å²) in [5.74, 6) is -0.0286. The van der Waals surface area contributed by atoms with Crippen LogP contribution < -0.4 is 11.3 Å². The minimum atomic E-state index is -0.521. The third-order valence-corrected chi connectivity index (χ3v) is 9.74. The maximum absolute atomic E-state index is 12.7. The van der Waals surface area contributed by atoms with E-state index >= 15 is 0 Å². The topological polar surface area (TPSA) is 110 Å². The molecular formula is C48H58O7. The summed E-state index contributed by atoms with van der Waals surface area (Å²) in [6, 6.07) is 14.0. The first-order valence-corrected chi connectivity index (χ1v) is 19.3. The van der Waals surface area contributed by atoms with E-state index in [1.165, 1.54) is 22.3 Å². The van der Waals surface area contributed by atoms with Crippen LogP contribution in [0.4, 0.5) is 0 Å². The highest BCUT2D eigenvalue weighted by Crippen LogP contribution is 2.28. The fraction of sp³-hybridized carbons (Fsp3) is 0.375. The molecular weight excluding hydrogens is 689 g/mol. The lowest BCUT2D eigenvalue weighted by atomic mass is 10.0. The predicted octanol–water partition coefficient (Wildman–Crippen LogP) is 11.9. The molecule has 2 heterocycles. The van der Waals surface area contributed by atoms with Crippen LogP contribution in [-0.4, -0.2) is 22.9 Å². The highest BCUT2D eigenvalue weighted by molar-refractivity contribution is 5.84. The molecule has 1 atom stereocenters. The minimum absolute atomic E-state index is 0.00362. The van der Waals surface area contributed by atoms with Crippen molar-refractivity contribution in [3.05, 3.63) is 150 Å². The number of allylic oxidation sites excluding steroid dienone is 9. The highest BCUT2D eigenvalue weighted by Gasteiger charge is 2.15. The Morgan fingerprint density at radius 3 is 1.60 bits per heavy atom. The number of rotatable bonds is 19. The summed E-state index contributed by atoms with van der Waals surface area (Å²) < 4.78 is 17.3. The SMILES string of the molecule is CC(C)=CCC/C(C)=C/C(C/C(C)=C/Cc1c(O)c2ccccc2oc1=O)OC/C(C)=C/CC/C(C)=C/CC/C(C)=C/Cc1c(O)c2ccccc2oc1=O. The second kappa shape index (κ2) is 21.1. The van der Waals surface area contributed by atoms with Crippen molar-refractivity contribution in [1.29, 1.82) is 0 Å². The molecule has 2 aromatic heterocycles. The first-order valence-electron chi connectivity index (χ1n) is 19.3. The molecule has 2 aromatic carbocycles. The van der Waals surface area contributed by atoms with Gasteiger partial charge in [-0.1, -0.05) is 94.2 Å². The van der Waals surface area contributed by atoms with Gasteiger partial charge in [-0.15, -0.1) is 0 Å². The number of ether oxygens (including phenoxy) is 1. The Hall–Kier alpha value is -5.14. The van der Waals surface area contributed by atoms with Crippen LogP contribution in [0.15, 0.2) is 137 Å². The number of benzene rings is 2. The minimum Gasteiger partial charge on any atom is -0.507 e. The van der Waals surface area contributed by atoms with E-state index in [2.05, 4.69) is 58.9 Å². The van der Waals surface area contributed by atoms with Gasteiger partial charge in [0.25, 0.3) is 0 Å². The van der Waals surface area contributed by atoms with Crippen LogP contribution in [0, 0.1) is 0 Å². The number of aromatic hydroxyl groups is 2. The largest absolute Gasteiger partial charge is 0.507 e. The zero-order chi connectivity index (χ0) is 39.9. The van der Waals surface area contributed by atoms with Crippen molar-refractivity contribution in [1.82, 2.24) is 0 Å². The molecule has 2 N–H and O–H groups in total. The van der Waals surface area contributed by atoms with Crippen LogP contribution in [-0.2, 0) is 17.6 Å². The summed E-state index contributed by atoms with van der Waals surface area (Å²) in [6.45, 7) is 15.2. The van der Waals surface area contributed by atoms with E-state index in [4.69, 9.17) is 13.6 Å². The van der Waals surface area contributed by atoms with Crippen LogP contribution >= 0.6 is 0 Å². The first kappa shape index (κ1) is 42.6. The molecule has 7 heteroatoms. The average Bonchev–Trinajstić information content (AvgIpc) is 3.13. The van der Waals surface area contributed by atoms with Crippen molar-refractivity contribution in [2.75, 3.05) is 6.61 Å². The second-order valence-corrected chi connectivity index (χ2v) is 15.0. The van der Waals surface area contributed by atoms with Crippen LogP contribution in [0.3, 0.4) is 0 Å². The number of fused-ring (bicyclic) bond motifs is 2. The summed E-state index contributed by atoms with van der Waals surface area (Å²) in [5.41, 5.74) is 7.59. The smallest absolute Gasteiger partial charge is 0.343 e. The molecule has 0 aliphatic rings. The van der Waals surface area contributed by atoms with Crippen molar-refractivity contribution in [2.45, 2.75) is 112 Å². The molecule has 292 valence electrons. The average molecular weight is 747 g/mol. The number of hydrogen-bond acceptors (Lipinski definition) is 7. The molecule has 55 heavy (non-hydrogen) atoms. The molecule has 0 fully saturated rings. The van der Waals surface area contributed by atoms with Crippen LogP contribution in [0.25, 0.3) is 21.9 Å². The summed E-state index contributed by atoms with van der Waals surface area (Å²) in [6.07, 6.45) is 19.7.